The number of aromatic nitrogens is 4. The van der Waals surface area contributed by atoms with Crippen LogP contribution in [0.1, 0.15) is 24.0 Å². The molecule has 0 unspecified atom stereocenters. The average molecular weight is 432 g/mol. The van der Waals surface area contributed by atoms with Gasteiger partial charge in [-0.05, 0) is 12.5 Å². The van der Waals surface area contributed by atoms with Crippen LogP contribution in [0.25, 0.3) is 0 Å². The molecule has 0 aliphatic heterocycles. The van der Waals surface area contributed by atoms with Crippen molar-refractivity contribution in [2.45, 2.75) is 24.9 Å². The van der Waals surface area contributed by atoms with Gasteiger partial charge in [-0.3, -0.25) is 9.59 Å². The molecule has 1 amide bonds. The maximum Gasteiger partial charge on any atom is 0.311 e. The largest absolute Gasteiger partial charge is 0.466 e. The monoisotopic (exact) mass is 431 g/mol. The van der Waals surface area contributed by atoms with Gasteiger partial charge in [-0.2, -0.15) is 0 Å². The predicted molar refractivity (Wildman–Crippen MR) is 112 cm³/mol. The first-order valence-corrected chi connectivity index (χ1v) is 10.9. The van der Waals surface area contributed by atoms with E-state index in [9.17, 15) is 9.59 Å². The summed E-state index contributed by atoms with van der Waals surface area (Å²) in [6, 6.07) is 10.0. The number of nitrogens with one attached hydrogen (secondary N) is 1. The fourth-order valence-corrected chi connectivity index (χ4v) is 3.95. The van der Waals surface area contributed by atoms with Gasteiger partial charge < -0.3 is 14.6 Å². The van der Waals surface area contributed by atoms with E-state index >= 15 is 0 Å². The minimum Gasteiger partial charge on any atom is -0.466 e. The Labute approximate surface area is 176 Å². The van der Waals surface area contributed by atoms with E-state index in [1.165, 1.54) is 23.1 Å². The number of carbonyl (C=O) groups excluding carboxylic acids is 2. The zero-order valence-electron chi connectivity index (χ0n) is 16.1. The molecule has 3 rings (SSSR count). The van der Waals surface area contributed by atoms with Gasteiger partial charge in [-0.15, -0.1) is 21.5 Å². The molecule has 0 atom stereocenters. The number of carbonyl (C=O) groups is 2. The zero-order valence-corrected chi connectivity index (χ0v) is 17.8. The summed E-state index contributed by atoms with van der Waals surface area (Å²) in [5, 5.41) is 14.0. The van der Waals surface area contributed by atoms with E-state index < -0.39 is 0 Å². The van der Waals surface area contributed by atoms with E-state index in [2.05, 4.69) is 20.5 Å². The van der Waals surface area contributed by atoms with Crippen molar-refractivity contribution in [2.75, 3.05) is 17.7 Å². The third kappa shape index (κ3) is 6.13. The van der Waals surface area contributed by atoms with Gasteiger partial charge in [0, 0.05) is 18.8 Å². The molecule has 2 aromatic heterocycles. The van der Waals surface area contributed by atoms with Crippen LogP contribution in [0.2, 0.25) is 0 Å². The van der Waals surface area contributed by atoms with Gasteiger partial charge in [0.2, 0.25) is 5.91 Å². The van der Waals surface area contributed by atoms with Crippen molar-refractivity contribution in [3.63, 3.8) is 0 Å². The number of ether oxygens (including phenoxy) is 1. The highest BCUT2D eigenvalue weighted by atomic mass is 32.2. The first kappa shape index (κ1) is 21.0. The third-order valence-electron chi connectivity index (χ3n) is 3.89. The Morgan fingerprint density at radius 2 is 2.03 bits per heavy atom. The minimum atomic E-state index is -0.333. The van der Waals surface area contributed by atoms with Crippen LogP contribution < -0.4 is 5.32 Å². The summed E-state index contributed by atoms with van der Waals surface area (Å²) < 4.78 is 6.79. The highest BCUT2D eigenvalue weighted by molar-refractivity contribution is 7.99. The molecule has 0 spiro atoms. The molecule has 1 aromatic carbocycles. The maximum absolute atomic E-state index is 12.2. The lowest BCUT2D eigenvalue weighted by atomic mass is 10.1. The quantitative estimate of drug-likeness (QED) is 0.411. The van der Waals surface area contributed by atoms with Crippen LogP contribution in [-0.2, 0) is 34.2 Å². The Balaban J connectivity index is 1.50. The van der Waals surface area contributed by atoms with Crippen molar-refractivity contribution in [3.05, 3.63) is 52.8 Å². The highest BCUT2D eigenvalue weighted by Gasteiger charge is 2.14. The standard InChI is InChI=1S/C19H21N5O3S2/c1-3-27-17(26)10-14-11-28-18(20-14)21-16(25)12-29-19-23-22-15(24(19)2)9-13-7-5-4-6-8-13/h4-8,11H,3,9-10,12H2,1-2H3,(H,20,21,25). The summed E-state index contributed by atoms with van der Waals surface area (Å²) in [5.41, 5.74) is 1.73. The van der Waals surface area contributed by atoms with Crippen LogP contribution >= 0.6 is 23.1 Å². The van der Waals surface area contributed by atoms with Crippen LogP contribution in [0.4, 0.5) is 5.13 Å². The lowest BCUT2D eigenvalue weighted by molar-refractivity contribution is -0.142. The third-order valence-corrected chi connectivity index (χ3v) is 5.72. The van der Waals surface area contributed by atoms with E-state index in [1.807, 2.05) is 41.9 Å². The molecule has 8 nitrogen and oxygen atoms in total. The number of rotatable bonds is 9. The van der Waals surface area contributed by atoms with Crippen molar-refractivity contribution in [2.24, 2.45) is 7.05 Å². The molecule has 29 heavy (non-hydrogen) atoms. The van der Waals surface area contributed by atoms with Gasteiger partial charge in [-0.25, -0.2) is 4.98 Å². The number of thioether (sulfide) groups is 1. The van der Waals surface area contributed by atoms with Gasteiger partial charge in [0.25, 0.3) is 0 Å². The molecular formula is C19H21N5O3S2. The van der Waals surface area contributed by atoms with E-state index in [0.717, 1.165) is 11.4 Å². The van der Waals surface area contributed by atoms with Gasteiger partial charge in [0.05, 0.1) is 24.5 Å². The molecule has 1 N–H and O–H groups in total. The number of esters is 1. The molecule has 10 heteroatoms. The fraction of sp³-hybridized carbons (Fsp3) is 0.316. The van der Waals surface area contributed by atoms with Gasteiger partial charge in [0.1, 0.15) is 5.82 Å². The topological polar surface area (TPSA) is 99.0 Å². The Hall–Kier alpha value is -2.72. The second kappa shape index (κ2) is 10.2. The molecule has 0 aliphatic carbocycles. The zero-order chi connectivity index (χ0) is 20.6. The number of nitrogens with zero attached hydrogens (tertiary/aromatic N) is 4. The molecule has 0 fully saturated rings. The predicted octanol–water partition coefficient (Wildman–Crippen LogP) is 2.70. The summed E-state index contributed by atoms with van der Waals surface area (Å²) in [5.74, 6) is 0.492. The van der Waals surface area contributed by atoms with Gasteiger partial charge >= 0.3 is 5.97 Å². The number of benzene rings is 1. The first-order valence-electron chi connectivity index (χ1n) is 9.00. The smallest absolute Gasteiger partial charge is 0.311 e. The average Bonchev–Trinajstić information content (AvgIpc) is 3.28. The Morgan fingerprint density at radius 1 is 1.24 bits per heavy atom. The number of amides is 1. The highest BCUT2D eigenvalue weighted by Crippen LogP contribution is 2.20. The summed E-state index contributed by atoms with van der Waals surface area (Å²) in [6.07, 6.45) is 0.775. The Bertz CT molecular complexity index is 971. The lowest BCUT2D eigenvalue weighted by Crippen LogP contribution is -2.14. The molecule has 0 radical (unpaired) electrons. The summed E-state index contributed by atoms with van der Waals surface area (Å²) in [7, 11) is 1.89. The normalized spacial score (nSPS) is 10.7. The van der Waals surface area contributed by atoms with E-state index in [4.69, 9.17) is 4.74 Å². The molecular weight excluding hydrogens is 410 g/mol. The molecule has 3 aromatic rings. The number of anilines is 1. The molecule has 0 saturated heterocycles. The Kier molecular flexibility index (Phi) is 7.36. The summed E-state index contributed by atoms with van der Waals surface area (Å²) >= 11 is 2.58. The van der Waals surface area contributed by atoms with Crippen molar-refractivity contribution in [1.29, 1.82) is 0 Å². The van der Waals surface area contributed by atoms with Gasteiger partial charge in [-0.1, -0.05) is 42.1 Å². The maximum atomic E-state index is 12.2. The minimum absolute atomic E-state index is 0.0953. The van der Waals surface area contributed by atoms with Crippen LogP contribution in [-0.4, -0.2) is 44.0 Å². The molecule has 0 bridgehead atoms. The van der Waals surface area contributed by atoms with Crippen molar-refractivity contribution in [1.82, 2.24) is 19.7 Å². The number of hydrogen-bond acceptors (Lipinski definition) is 8. The van der Waals surface area contributed by atoms with E-state index in [-0.39, 0.29) is 24.1 Å². The molecule has 152 valence electrons. The first-order chi connectivity index (χ1) is 14.0. The second-order valence-electron chi connectivity index (χ2n) is 6.08. The van der Waals surface area contributed by atoms with Crippen LogP contribution in [0, 0.1) is 0 Å². The summed E-state index contributed by atoms with van der Waals surface area (Å²) in [4.78, 5) is 27.9. The fourth-order valence-electron chi connectivity index (χ4n) is 2.49. The molecule has 0 aliphatic rings. The van der Waals surface area contributed by atoms with Crippen LogP contribution in [0.5, 0.6) is 0 Å². The van der Waals surface area contributed by atoms with Gasteiger partial charge in [0.15, 0.2) is 10.3 Å². The van der Waals surface area contributed by atoms with Crippen LogP contribution in [0.3, 0.4) is 0 Å². The van der Waals surface area contributed by atoms with Crippen molar-refractivity contribution in [3.8, 4) is 0 Å². The van der Waals surface area contributed by atoms with E-state index in [0.29, 0.717) is 29.0 Å². The summed E-state index contributed by atoms with van der Waals surface area (Å²) in [6.45, 7) is 2.09. The molecule has 2 heterocycles. The molecule has 0 saturated carbocycles. The number of hydrogen-bond donors (Lipinski definition) is 1. The van der Waals surface area contributed by atoms with Crippen molar-refractivity contribution >= 4 is 40.1 Å². The van der Waals surface area contributed by atoms with Crippen molar-refractivity contribution < 1.29 is 14.3 Å². The SMILES string of the molecule is CCOC(=O)Cc1csc(NC(=O)CSc2nnc(Cc3ccccc3)n2C)n1. The number of thiazole rings is 1. The second-order valence-corrected chi connectivity index (χ2v) is 7.88. The Morgan fingerprint density at radius 3 is 2.79 bits per heavy atom. The lowest BCUT2D eigenvalue weighted by Gasteiger charge is -2.04. The van der Waals surface area contributed by atoms with Crippen LogP contribution in [0.15, 0.2) is 40.9 Å². The van der Waals surface area contributed by atoms with E-state index in [1.54, 1.807) is 12.3 Å².